The number of hydrogen-bond acceptors (Lipinski definition) is 2. The third kappa shape index (κ3) is 4.20. The van der Waals surface area contributed by atoms with Gasteiger partial charge in [0.05, 0.1) is 22.7 Å². The molecule has 0 bridgehead atoms. The summed E-state index contributed by atoms with van der Waals surface area (Å²) >= 11 is 0. The van der Waals surface area contributed by atoms with Gasteiger partial charge in [-0.1, -0.05) is 57.5 Å². The Morgan fingerprint density at radius 2 is 1.39 bits per heavy atom. The Balaban J connectivity index is 2.48. The van der Waals surface area contributed by atoms with Gasteiger partial charge < -0.3 is 0 Å². The van der Waals surface area contributed by atoms with Crippen LogP contribution in [0.2, 0.25) is 39.3 Å². The predicted molar refractivity (Wildman–Crippen MR) is 108 cm³/mol. The Morgan fingerprint density at radius 3 is 1.78 bits per heavy atom. The molecule has 0 aliphatic heterocycles. The van der Waals surface area contributed by atoms with E-state index in [9.17, 15) is 0 Å². The minimum Gasteiger partial charge on any atom is -0.184 e. The van der Waals surface area contributed by atoms with Crippen LogP contribution in [-0.2, 0) is 6.54 Å². The molecule has 1 heterocycles. The standard InChI is InChI=1S/C18H31N3Si2/c1-8-9-10-11-14-21-19-17-15(22(2,3)4)12-13-16(18(17)20-21)23(5,6)7/h8,12-13H,1,9-11,14H2,2-7H3. The van der Waals surface area contributed by atoms with Crippen LogP contribution in [0.1, 0.15) is 19.3 Å². The second kappa shape index (κ2) is 6.73. The maximum atomic E-state index is 4.89. The number of fused-ring (bicyclic) bond motifs is 1. The van der Waals surface area contributed by atoms with Crippen molar-refractivity contribution in [1.82, 2.24) is 15.0 Å². The Kier molecular flexibility index (Phi) is 5.31. The lowest BCUT2D eigenvalue weighted by Crippen LogP contribution is -2.43. The Bertz CT molecular complexity index is 640. The number of allylic oxidation sites excluding steroid dienone is 1. The molecule has 1 aromatic carbocycles. The van der Waals surface area contributed by atoms with Gasteiger partial charge in [-0.05, 0) is 29.6 Å². The highest BCUT2D eigenvalue weighted by molar-refractivity contribution is 6.92. The minimum atomic E-state index is -1.42. The molecule has 3 nitrogen and oxygen atoms in total. The van der Waals surface area contributed by atoms with Gasteiger partial charge in [0.2, 0.25) is 0 Å². The first-order valence-electron chi connectivity index (χ1n) is 8.64. The molecule has 126 valence electrons. The summed E-state index contributed by atoms with van der Waals surface area (Å²) in [5.41, 5.74) is 2.32. The molecule has 0 aliphatic rings. The van der Waals surface area contributed by atoms with E-state index in [2.05, 4.69) is 58.0 Å². The Labute approximate surface area is 142 Å². The van der Waals surface area contributed by atoms with E-state index in [1.165, 1.54) is 10.4 Å². The van der Waals surface area contributed by atoms with Crippen LogP contribution >= 0.6 is 0 Å². The number of aromatic nitrogens is 3. The monoisotopic (exact) mass is 345 g/mol. The van der Waals surface area contributed by atoms with Gasteiger partial charge in [0, 0.05) is 0 Å². The summed E-state index contributed by atoms with van der Waals surface area (Å²) < 4.78 is 0. The number of rotatable bonds is 7. The highest BCUT2D eigenvalue weighted by Gasteiger charge is 2.27. The quantitative estimate of drug-likeness (QED) is 0.433. The number of benzene rings is 1. The first-order valence-corrected chi connectivity index (χ1v) is 15.6. The summed E-state index contributed by atoms with van der Waals surface area (Å²) in [6.07, 6.45) is 5.32. The van der Waals surface area contributed by atoms with Crippen molar-refractivity contribution in [2.24, 2.45) is 0 Å². The molecule has 23 heavy (non-hydrogen) atoms. The van der Waals surface area contributed by atoms with Gasteiger partial charge in [-0.15, -0.1) is 6.58 Å². The zero-order chi connectivity index (χ0) is 17.3. The van der Waals surface area contributed by atoms with E-state index < -0.39 is 16.1 Å². The first-order chi connectivity index (χ1) is 10.6. The van der Waals surface area contributed by atoms with Crippen LogP contribution in [0.15, 0.2) is 24.8 Å². The zero-order valence-electron chi connectivity index (χ0n) is 15.6. The molecular formula is C18H31N3Si2. The molecule has 0 amide bonds. The molecule has 0 atom stereocenters. The van der Waals surface area contributed by atoms with Crippen molar-refractivity contribution in [2.75, 3.05) is 0 Å². The highest BCUT2D eigenvalue weighted by atomic mass is 28.3. The van der Waals surface area contributed by atoms with Crippen LogP contribution in [0, 0.1) is 0 Å². The number of hydrogen-bond donors (Lipinski definition) is 0. The molecule has 0 aliphatic carbocycles. The lowest BCUT2D eigenvalue weighted by atomic mass is 10.2. The van der Waals surface area contributed by atoms with Crippen molar-refractivity contribution >= 4 is 37.6 Å². The average molecular weight is 346 g/mol. The first kappa shape index (κ1) is 18.1. The summed E-state index contributed by atoms with van der Waals surface area (Å²) in [6.45, 7) is 19.0. The van der Waals surface area contributed by atoms with E-state index in [4.69, 9.17) is 10.2 Å². The van der Waals surface area contributed by atoms with Crippen LogP contribution in [0.3, 0.4) is 0 Å². The van der Waals surface area contributed by atoms with Crippen molar-refractivity contribution < 1.29 is 0 Å². The van der Waals surface area contributed by atoms with E-state index in [-0.39, 0.29) is 0 Å². The van der Waals surface area contributed by atoms with Gasteiger partial charge in [-0.3, -0.25) is 0 Å². The molecular weight excluding hydrogens is 314 g/mol. The zero-order valence-corrected chi connectivity index (χ0v) is 17.6. The summed E-state index contributed by atoms with van der Waals surface area (Å²) in [7, 11) is -2.85. The summed E-state index contributed by atoms with van der Waals surface area (Å²) in [4.78, 5) is 1.93. The van der Waals surface area contributed by atoms with E-state index in [1.54, 1.807) is 0 Å². The van der Waals surface area contributed by atoms with E-state index >= 15 is 0 Å². The fourth-order valence-corrected chi connectivity index (χ4v) is 5.81. The Hall–Kier alpha value is -1.21. The molecule has 0 radical (unpaired) electrons. The van der Waals surface area contributed by atoms with Gasteiger partial charge >= 0.3 is 0 Å². The fourth-order valence-electron chi connectivity index (χ4n) is 2.89. The maximum Gasteiger partial charge on any atom is 0.112 e. The van der Waals surface area contributed by atoms with Crippen LogP contribution in [0.5, 0.6) is 0 Å². The van der Waals surface area contributed by atoms with Crippen molar-refractivity contribution in [2.45, 2.75) is 65.1 Å². The lowest BCUT2D eigenvalue weighted by Gasteiger charge is -2.21. The SMILES string of the molecule is C=CCCCCn1nc2c([Si](C)(C)C)ccc([Si](C)(C)C)c2n1. The maximum absolute atomic E-state index is 4.89. The van der Waals surface area contributed by atoms with Gasteiger partial charge in [-0.25, -0.2) is 0 Å². The molecule has 0 fully saturated rings. The van der Waals surface area contributed by atoms with Crippen molar-refractivity contribution in [3.63, 3.8) is 0 Å². The second-order valence-electron chi connectivity index (χ2n) is 8.44. The molecule has 0 saturated heterocycles. The van der Waals surface area contributed by atoms with Gasteiger partial charge in [0.15, 0.2) is 0 Å². The average Bonchev–Trinajstić information content (AvgIpc) is 2.83. The van der Waals surface area contributed by atoms with Crippen LogP contribution in [-0.4, -0.2) is 31.1 Å². The molecule has 5 heteroatoms. The molecule has 0 N–H and O–H groups in total. The Morgan fingerprint density at radius 1 is 0.913 bits per heavy atom. The lowest BCUT2D eigenvalue weighted by molar-refractivity contribution is 0.507. The highest BCUT2D eigenvalue weighted by Crippen LogP contribution is 2.15. The number of aryl methyl sites for hydroxylation is 1. The second-order valence-corrected chi connectivity index (χ2v) is 18.5. The summed E-state index contributed by atoms with van der Waals surface area (Å²) in [5, 5.41) is 12.6. The van der Waals surface area contributed by atoms with Crippen LogP contribution in [0.4, 0.5) is 0 Å². The largest absolute Gasteiger partial charge is 0.184 e. The van der Waals surface area contributed by atoms with E-state index in [0.717, 1.165) is 36.8 Å². The van der Waals surface area contributed by atoms with Crippen molar-refractivity contribution in [1.29, 1.82) is 0 Å². The van der Waals surface area contributed by atoms with E-state index in [1.807, 2.05) is 10.9 Å². The number of unbranched alkanes of at least 4 members (excludes halogenated alkanes) is 2. The summed E-state index contributed by atoms with van der Waals surface area (Å²) in [6, 6.07) is 4.66. The molecule has 2 rings (SSSR count). The smallest absolute Gasteiger partial charge is 0.112 e. The van der Waals surface area contributed by atoms with Crippen LogP contribution in [0.25, 0.3) is 11.0 Å². The molecule has 0 saturated carbocycles. The van der Waals surface area contributed by atoms with Crippen LogP contribution < -0.4 is 10.4 Å². The molecule has 1 aromatic heterocycles. The summed E-state index contributed by atoms with van der Waals surface area (Å²) in [5.74, 6) is 0. The third-order valence-electron chi connectivity index (χ3n) is 4.21. The van der Waals surface area contributed by atoms with Gasteiger partial charge in [0.25, 0.3) is 0 Å². The predicted octanol–water partition coefficient (Wildman–Crippen LogP) is 3.88. The molecule has 0 spiro atoms. The van der Waals surface area contributed by atoms with Gasteiger partial charge in [0.1, 0.15) is 11.0 Å². The third-order valence-corrected chi connectivity index (χ3v) is 8.25. The minimum absolute atomic E-state index is 0.902. The molecule has 0 unspecified atom stereocenters. The molecule has 2 aromatic rings. The van der Waals surface area contributed by atoms with Gasteiger partial charge in [-0.2, -0.15) is 15.0 Å². The normalized spacial score (nSPS) is 12.8. The van der Waals surface area contributed by atoms with E-state index in [0.29, 0.717) is 0 Å². The topological polar surface area (TPSA) is 30.7 Å². The van der Waals surface area contributed by atoms with Crippen molar-refractivity contribution in [3.8, 4) is 0 Å². The van der Waals surface area contributed by atoms with Crippen molar-refractivity contribution in [3.05, 3.63) is 24.8 Å². The number of nitrogens with zero attached hydrogens (tertiary/aromatic N) is 3. The fraction of sp³-hybridized carbons (Fsp3) is 0.556.